The van der Waals surface area contributed by atoms with E-state index in [4.69, 9.17) is 4.74 Å². The van der Waals surface area contributed by atoms with Crippen LogP contribution in [0, 0.1) is 0 Å². The summed E-state index contributed by atoms with van der Waals surface area (Å²) >= 11 is 0. The summed E-state index contributed by atoms with van der Waals surface area (Å²) in [6.45, 7) is 11.1. The van der Waals surface area contributed by atoms with E-state index in [0.717, 1.165) is 31.8 Å². The summed E-state index contributed by atoms with van der Waals surface area (Å²) in [7, 11) is -3.38. The second-order valence-corrected chi connectivity index (χ2v) is 8.10. The van der Waals surface area contributed by atoms with Crippen molar-refractivity contribution in [3.05, 3.63) is 29.8 Å². The summed E-state index contributed by atoms with van der Waals surface area (Å²) in [5.74, 6) is 0.403. The van der Waals surface area contributed by atoms with Crippen molar-refractivity contribution in [3.63, 3.8) is 0 Å². The number of nitrogens with zero attached hydrogens (tertiary/aromatic N) is 2. The minimum absolute atomic E-state index is 0.393. The van der Waals surface area contributed by atoms with E-state index in [1.54, 1.807) is 16.4 Å². The van der Waals surface area contributed by atoms with E-state index in [9.17, 15) is 8.42 Å². The maximum Gasteiger partial charge on any atom is 0.243 e. The van der Waals surface area contributed by atoms with Gasteiger partial charge in [0.15, 0.2) is 0 Å². The molecule has 1 fully saturated rings. The number of sulfonamides is 1. The molecule has 1 saturated heterocycles. The largest absolute Gasteiger partial charge is 0.380 e. The Hall–Kier alpha value is -0.950. The fourth-order valence-corrected chi connectivity index (χ4v) is 4.13. The van der Waals surface area contributed by atoms with Crippen molar-refractivity contribution in [2.24, 2.45) is 0 Å². The number of ether oxygens (including phenoxy) is 1. The lowest BCUT2D eigenvalue weighted by Crippen LogP contribution is -2.49. The number of hydrogen-bond acceptors (Lipinski definition) is 4. The number of benzene rings is 1. The van der Waals surface area contributed by atoms with E-state index in [2.05, 4.69) is 18.7 Å². The maximum atomic E-state index is 12.7. The first-order valence-electron chi connectivity index (χ1n) is 8.35. The van der Waals surface area contributed by atoms with Crippen LogP contribution in [0.15, 0.2) is 29.2 Å². The zero-order chi connectivity index (χ0) is 16.9. The highest BCUT2D eigenvalue weighted by Gasteiger charge is 2.28. The minimum Gasteiger partial charge on any atom is -0.380 e. The molecule has 0 atom stereocenters. The van der Waals surface area contributed by atoms with Gasteiger partial charge in [0.2, 0.25) is 10.0 Å². The van der Waals surface area contributed by atoms with Crippen LogP contribution in [0.1, 0.15) is 32.3 Å². The normalized spacial score (nSPS) is 17.7. The van der Waals surface area contributed by atoms with Gasteiger partial charge in [0.25, 0.3) is 0 Å². The van der Waals surface area contributed by atoms with Gasteiger partial charge in [-0.3, -0.25) is 4.90 Å². The fraction of sp³-hybridized carbons (Fsp3) is 0.647. The van der Waals surface area contributed by atoms with Gasteiger partial charge >= 0.3 is 0 Å². The Balaban J connectivity index is 1.96. The van der Waals surface area contributed by atoms with Gasteiger partial charge < -0.3 is 4.74 Å². The van der Waals surface area contributed by atoms with Crippen LogP contribution < -0.4 is 0 Å². The molecule has 1 aliphatic heterocycles. The Bertz CT molecular complexity index is 576. The van der Waals surface area contributed by atoms with Crippen molar-refractivity contribution < 1.29 is 13.2 Å². The van der Waals surface area contributed by atoms with Crippen molar-refractivity contribution in [2.45, 2.75) is 31.6 Å². The summed E-state index contributed by atoms with van der Waals surface area (Å²) in [4.78, 5) is 2.65. The summed E-state index contributed by atoms with van der Waals surface area (Å²) < 4.78 is 32.4. The van der Waals surface area contributed by atoms with Crippen LogP contribution in [0.4, 0.5) is 0 Å². The molecule has 0 saturated carbocycles. The molecule has 1 aliphatic rings. The molecule has 0 spiro atoms. The molecule has 1 aromatic carbocycles. The molecule has 0 N–H and O–H groups in total. The molecule has 1 heterocycles. The highest BCUT2D eigenvalue weighted by atomic mass is 32.2. The molecule has 0 amide bonds. The molecule has 0 aromatic heterocycles. The van der Waals surface area contributed by atoms with Gasteiger partial charge in [-0.1, -0.05) is 26.0 Å². The van der Waals surface area contributed by atoms with Crippen LogP contribution in [0.25, 0.3) is 0 Å². The van der Waals surface area contributed by atoms with Crippen molar-refractivity contribution in [2.75, 3.05) is 45.9 Å². The third-order valence-electron chi connectivity index (χ3n) is 4.27. The number of piperazine rings is 1. The van der Waals surface area contributed by atoms with Gasteiger partial charge in [-0.15, -0.1) is 0 Å². The topological polar surface area (TPSA) is 49.9 Å². The molecule has 1 aromatic rings. The molecule has 0 unspecified atom stereocenters. The van der Waals surface area contributed by atoms with E-state index in [0.29, 0.717) is 30.5 Å². The second-order valence-electron chi connectivity index (χ2n) is 6.17. The third-order valence-corrected chi connectivity index (χ3v) is 6.18. The first kappa shape index (κ1) is 18.4. The molecule has 2 rings (SSSR count). The summed E-state index contributed by atoms with van der Waals surface area (Å²) in [5.41, 5.74) is 1.16. The lowest BCUT2D eigenvalue weighted by Gasteiger charge is -2.33. The van der Waals surface area contributed by atoms with Crippen LogP contribution in [0.3, 0.4) is 0 Å². The predicted octanol–water partition coefficient (Wildman–Crippen LogP) is 2.15. The van der Waals surface area contributed by atoms with Crippen molar-refractivity contribution in [3.8, 4) is 0 Å². The summed E-state index contributed by atoms with van der Waals surface area (Å²) in [5, 5.41) is 0. The zero-order valence-corrected chi connectivity index (χ0v) is 15.2. The van der Waals surface area contributed by atoms with E-state index < -0.39 is 10.0 Å². The Morgan fingerprint density at radius 2 is 1.70 bits per heavy atom. The Morgan fingerprint density at radius 1 is 1.09 bits per heavy atom. The van der Waals surface area contributed by atoms with E-state index in [1.807, 2.05) is 19.1 Å². The summed E-state index contributed by atoms with van der Waals surface area (Å²) in [6.07, 6.45) is 0. The average molecular weight is 340 g/mol. The van der Waals surface area contributed by atoms with Crippen molar-refractivity contribution >= 4 is 10.0 Å². The molecule has 130 valence electrons. The molecule has 0 radical (unpaired) electrons. The monoisotopic (exact) mass is 340 g/mol. The first-order valence-corrected chi connectivity index (χ1v) is 9.79. The molecule has 6 heteroatoms. The van der Waals surface area contributed by atoms with Crippen LogP contribution in [0.2, 0.25) is 0 Å². The van der Waals surface area contributed by atoms with Crippen LogP contribution in [-0.2, 0) is 14.8 Å². The van der Waals surface area contributed by atoms with Gasteiger partial charge in [0, 0.05) is 39.3 Å². The molecule has 5 nitrogen and oxygen atoms in total. The average Bonchev–Trinajstić information content (AvgIpc) is 2.55. The van der Waals surface area contributed by atoms with Crippen LogP contribution >= 0.6 is 0 Å². The summed E-state index contributed by atoms with van der Waals surface area (Å²) in [6, 6.07) is 7.28. The van der Waals surface area contributed by atoms with E-state index in [1.165, 1.54) is 0 Å². The lowest BCUT2D eigenvalue weighted by atomic mass is 10.0. The standard InChI is InChI=1S/C17H28N2O3S/c1-4-22-14-13-18-9-11-19(12-10-18)23(20,21)17-7-5-16(6-8-17)15(2)3/h5-8,15H,4,9-14H2,1-3H3. The number of rotatable bonds is 7. The maximum absolute atomic E-state index is 12.7. The highest BCUT2D eigenvalue weighted by Crippen LogP contribution is 2.21. The Morgan fingerprint density at radius 3 is 2.22 bits per heavy atom. The smallest absolute Gasteiger partial charge is 0.243 e. The molecule has 0 bridgehead atoms. The lowest BCUT2D eigenvalue weighted by molar-refractivity contribution is 0.0979. The van der Waals surface area contributed by atoms with Crippen LogP contribution in [0.5, 0.6) is 0 Å². The quantitative estimate of drug-likeness (QED) is 0.714. The minimum atomic E-state index is -3.38. The third kappa shape index (κ3) is 4.76. The first-order chi connectivity index (χ1) is 10.9. The highest BCUT2D eigenvalue weighted by molar-refractivity contribution is 7.89. The zero-order valence-electron chi connectivity index (χ0n) is 14.4. The van der Waals surface area contributed by atoms with Crippen molar-refractivity contribution in [1.29, 1.82) is 0 Å². The number of hydrogen-bond donors (Lipinski definition) is 0. The van der Waals surface area contributed by atoms with Gasteiger partial charge in [0.05, 0.1) is 11.5 Å². The van der Waals surface area contributed by atoms with Crippen LogP contribution in [-0.4, -0.2) is 63.6 Å². The van der Waals surface area contributed by atoms with E-state index >= 15 is 0 Å². The molecule has 23 heavy (non-hydrogen) atoms. The van der Waals surface area contributed by atoms with Gasteiger partial charge in [-0.2, -0.15) is 4.31 Å². The molecular weight excluding hydrogens is 312 g/mol. The molecular formula is C17H28N2O3S. The Kier molecular flexibility index (Phi) is 6.59. The fourth-order valence-electron chi connectivity index (χ4n) is 2.71. The van der Waals surface area contributed by atoms with Crippen molar-refractivity contribution in [1.82, 2.24) is 9.21 Å². The van der Waals surface area contributed by atoms with Gasteiger partial charge in [-0.05, 0) is 30.5 Å². The second kappa shape index (κ2) is 8.24. The van der Waals surface area contributed by atoms with E-state index in [-0.39, 0.29) is 0 Å². The molecule has 0 aliphatic carbocycles. The predicted molar refractivity (Wildman–Crippen MR) is 92.2 cm³/mol. The SMILES string of the molecule is CCOCCN1CCN(S(=O)(=O)c2ccc(C(C)C)cc2)CC1. The van der Waals surface area contributed by atoms with Gasteiger partial charge in [0.1, 0.15) is 0 Å². The Labute approximate surface area is 140 Å². The van der Waals surface area contributed by atoms with Gasteiger partial charge in [-0.25, -0.2) is 8.42 Å².